The molecule has 1 aromatic rings. The first-order valence-corrected chi connectivity index (χ1v) is 11.2. The summed E-state index contributed by atoms with van der Waals surface area (Å²) in [4.78, 5) is 28.9. The number of nitrogens with zero attached hydrogens (tertiary/aromatic N) is 2. The van der Waals surface area contributed by atoms with Gasteiger partial charge in [0.05, 0.1) is 5.41 Å². The average Bonchev–Trinajstić information content (AvgIpc) is 2.72. The van der Waals surface area contributed by atoms with Crippen molar-refractivity contribution in [2.75, 3.05) is 19.6 Å². The molecule has 1 spiro atoms. The van der Waals surface area contributed by atoms with Gasteiger partial charge in [0.25, 0.3) is 0 Å². The Labute approximate surface area is 174 Å². The fourth-order valence-electron chi connectivity index (χ4n) is 6.00. The van der Waals surface area contributed by atoms with Crippen LogP contribution in [0.15, 0.2) is 24.3 Å². The van der Waals surface area contributed by atoms with Gasteiger partial charge in [0.15, 0.2) is 0 Å². The lowest BCUT2D eigenvalue weighted by Crippen LogP contribution is -2.58. The number of benzene rings is 1. The third-order valence-electron chi connectivity index (χ3n) is 7.77. The van der Waals surface area contributed by atoms with E-state index in [0.717, 1.165) is 48.9 Å². The number of piperidine rings is 1. The molecule has 2 heterocycles. The molecule has 1 saturated heterocycles. The molecule has 1 aromatic carbocycles. The first-order chi connectivity index (χ1) is 13.9. The van der Waals surface area contributed by atoms with E-state index in [4.69, 9.17) is 0 Å². The molecule has 158 valence electrons. The molecule has 29 heavy (non-hydrogen) atoms. The maximum absolute atomic E-state index is 13.4. The quantitative estimate of drug-likeness (QED) is 0.841. The number of amides is 1. The Morgan fingerprint density at radius 3 is 2.41 bits per heavy atom. The van der Waals surface area contributed by atoms with Crippen molar-refractivity contribution in [3.8, 4) is 0 Å². The fourth-order valence-corrected chi connectivity index (χ4v) is 6.00. The Hall–Kier alpha value is -1.88. The van der Waals surface area contributed by atoms with Crippen molar-refractivity contribution in [1.82, 2.24) is 9.80 Å². The van der Waals surface area contributed by atoms with E-state index in [1.807, 2.05) is 12.1 Å². The Morgan fingerprint density at radius 2 is 1.79 bits per heavy atom. The molecule has 0 unspecified atom stereocenters. The van der Waals surface area contributed by atoms with Crippen molar-refractivity contribution in [3.05, 3.63) is 35.4 Å². The number of carbonyl (C=O) groups excluding carboxylic acids is 1. The Kier molecular flexibility index (Phi) is 5.69. The minimum atomic E-state index is -0.938. The zero-order valence-electron chi connectivity index (χ0n) is 17.8. The molecular formula is C24H34N2O3. The van der Waals surface area contributed by atoms with Gasteiger partial charge in [0.1, 0.15) is 6.54 Å². The monoisotopic (exact) mass is 398 g/mol. The Balaban J connectivity index is 1.50. The van der Waals surface area contributed by atoms with Crippen molar-refractivity contribution in [3.63, 3.8) is 0 Å². The van der Waals surface area contributed by atoms with E-state index in [9.17, 15) is 14.7 Å². The van der Waals surface area contributed by atoms with Crippen LogP contribution in [0.3, 0.4) is 0 Å². The van der Waals surface area contributed by atoms with Gasteiger partial charge >= 0.3 is 5.97 Å². The van der Waals surface area contributed by atoms with Crippen molar-refractivity contribution in [2.24, 2.45) is 11.8 Å². The zero-order valence-corrected chi connectivity index (χ0v) is 17.8. The summed E-state index contributed by atoms with van der Waals surface area (Å²) in [7, 11) is 0. The second-order valence-electron chi connectivity index (χ2n) is 9.64. The topological polar surface area (TPSA) is 60.9 Å². The minimum absolute atomic E-state index is 0.0155. The highest BCUT2D eigenvalue weighted by molar-refractivity contribution is 5.92. The number of rotatable bonds is 4. The second kappa shape index (κ2) is 8.10. The molecule has 1 saturated carbocycles. The molecule has 1 aliphatic carbocycles. The smallest absolute Gasteiger partial charge is 0.323 e. The number of hydrogen-bond acceptors (Lipinski definition) is 3. The van der Waals surface area contributed by atoms with Gasteiger partial charge in [-0.2, -0.15) is 0 Å². The summed E-state index contributed by atoms with van der Waals surface area (Å²) in [5.74, 6) is 0.713. The number of carboxylic acid groups (broad SMARTS) is 1. The van der Waals surface area contributed by atoms with Crippen molar-refractivity contribution < 1.29 is 14.7 Å². The first-order valence-electron chi connectivity index (χ1n) is 11.2. The summed E-state index contributed by atoms with van der Waals surface area (Å²) in [6, 6.07) is 8.79. The van der Waals surface area contributed by atoms with Crippen LogP contribution in [0, 0.1) is 11.8 Å². The van der Waals surface area contributed by atoms with Gasteiger partial charge in [0.2, 0.25) is 5.91 Å². The number of fused-ring (bicyclic) bond motifs is 2. The standard InChI is InChI=1S/C24H34N2O3/c1-17(2)18-7-9-20(10-8-18)25-13-11-24(12-14-25)21-6-4-3-5-19(21)15-26(23(24)29)16-22(27)28/h3-6,17-18,20H,7-16H2,1-2H3,(H,27,28). The molecule has 2 fully saturated rings. The largest absolute Gasteiger partial charge is 0.480 e. The molecule has 3 aliphatic rings. The van der Waals surface area contributed by atoms with Gasteiger partial charge in [-0.1, -0.05) is 38.1 Å². The number of carbonyl (C=O) groups is 2. The normalized spacial score (nSPS) is 27.3. The van der Waals surface area contributed by atoms with E-state index in [0.29, 0.717) is 12.6 Å². The molecule has 0 atom stereocenters. The van der Waals surface area contributed by atoms with Crippen LogP contribution in [-0.2, 0) is 21.5 Å². The third kappa shape index (κ3) is 3.81. The molecule has 0 aromatic heterocycles. The van der Waals surface area contributed by atoms with Gasteiger partial charge in [-0.3, -0.25) is 9.59 Å². The van der Waals surface area contributed by atoms with Crippen molar-refractivity contribution >= 4 is 11.9 Å². The zero-order chi connectivity index (χ0) is 20.6. The highest BCUT2D eigenvalue weighted by atomic mass is 16.4. The van der Waals surface area contributed by atoms with Crippen molar-refractivity contribution in [1.29, 1.82) is 0 Å². The highest BCUT2D eigenvalue weighted by Gasteiger charge is 2.49. The molecule has 2 aliphatic heterocycles. The van der Waals surface area contributed by atoms with E-state index < -0.39 is 11.4 Å². The molecule has 5 nitrogen and oxygen atoms in total. The predicted molar refractivity (Wildman–Crippen MR) is 113 cm³/mol. The van der Waals surface area contributed by atoms with Crippen molar-refractivity contribution in [2.45, 2.75) is 70.4 Å². The van der Waals surface area contributed by atoms with Crippen LogP contribution in [0.1, 0.15) is 63.5 Å². The summed E-state index contributed by atoms with van der Waals surface area (Å²) in [6.07, 6.45) is 6.76. The molecule has 5 heteroatoms. The lowest BCUT2D eigenvalue weighted by molar-refractivity contribution is -0.150. The van der Waals surface area contributed by atoms with E-state index >= 15 is 0 Å². The lowest BCUT2D eigenvalue weighted by atomic mass is 9.67. The van der Waals surface area contributed by atoms with E-state index in [1.165, 1.54) is 25.7 Å². The molecule has 4 rings (SSSR count). The van der Waals surface area contributed by atoms with Gasteiger partial charge in [-0.05, 0) is 74.6 Å². The number of hydrogen-bond donors (Lipinski definition) is 1. The first kappa shape index (κ1) is 20.4. The summed E-state index contributed by atoms with van der Waals surface area (Å²) >= 11 is 0. The molecule has 1 N–H and O–H groups in total. The Bertz CT molecular complexity index is 759. The van der Waals surface area contributed by atoms with Crippen LogP contribution in [0.2, 0.25) is 0 Å². The van der Waals surface area contributed by atoms with E-state index in [2.05, 4.69) is 30.9 Å². The molecular weight excluding hydrogens is 364 g/mol. The van der Waals surface area contributed by atoms with Crippen LogP contribution in [0.25, 0.3) is 0 Å². The average molecular weight is 399 g/mol. The fraction of sp³-hybridized carbons (Fsp3) is 0.667. The maximum atomic E-state index is 13.4. The molecule has 1 amide bonds. The summed E-state index contributed by atoms with van der Waals surface area (Å²) in [5, 5.41) is 9.29. The second-order valence-corrected chi connectivity index (χ2v) is 9.64. The van der Waals surface area contributed by atoms with Gasteiger partial charge in [-0.25, -0.2) is 0 Å². The SMILES string of the molecule is CC(C)C1CCC(N2CCC3(CC2)C(=O)N(CC(=O)O)Cc2ccccc23)CC1. The molecule has 0 bridgehead atoms. The summed E-state index contributed by atoms with van der Waals surface area (Å²) in [6.45, 7) is 6.73. The van der Waals surface area contributed by atoms with Gasteiger partial charge in [-0.15, -0.1) is 0 Å². The van der Waals surface area contributed by atoms with Crippen LogP contribution < -0.4 is 0 Å². The van der Waals surface area contributed by atoms with E-state index in [-0.39, 0.29) is 12.5 Å². The summed E-state index contributed by atoms with van der Waals surface area (Å²) < 4.78 is 0. The Morgan fingerprint density at radius 1 is 1.14 bits per heavy atom. The number of carboxylic acids is 1. The lowest BCUT2D eigenvalue weighted by Gasteiger charge is -2.49. The van der Waals surface area contributed by atoms with E-state index in [1.54, 1.807) is 4.90 Å². The summed E-state index contributed by atoms with van der Waals surface area (Å²) in [5.41, 5.74) is 1.70. The van der Waals surface area contributed by atoms with Gasteiger partial charge in [0, 0.05) is 12.6 Å². The third-order valence-corrected chi connectivity index (χ3v) is 7.77. The van der Waals surface area contributed by atoms with Gasteiger partial charge < -0.3 is 14.9 Å². The van der Waals surface area contributed by atoms with Crippen LogP contribution in [-0.4, -0.2) is 52.5 Å². The number of likely N-dealkylation sites (tertiary alicyclic amines) is 1. The molecule has 0 radical (unpaired) electrons. The maximum Gasteiger partial charge on any atom is 0.323 e. The van der Waals surface area contributed by atoms with Crippen LogP contribution in [0.4, 0.5) is 0 Å². The number of aliphatic carboxylic acids is 1. The van der Waals surface area contributed by atoms with Crippen LogP contribution >= 0.6 is 0 Å². The minimum Gasteiger partial charge on any atom is -0.480 e. The predicted octanol–water partition coefficient (Wildman–Crippen LogP) is 3.66. The highest BCUT2D eigenvalue weighted by Crippen LogP contribution is 2.44. The van der Waals surface area contributed by atoms with Crippen LogP contribution in [0.5, 0.6) is 0 Å².